The number of rotatable bonds is 2. The lowest BCUT2D eigenvalue weighted by Gasteiger charge is -2.48. The minimum absolute atomic E-state index is 0.0448. The van der Waals surface area contributed by atoms with E-state index in [2.05, 4.69) is 39.5 Å². The van der Waals surface area contributed by atoms with Crippen molar-refractivity contribution in [1.82, 2.24) is 4.90 Å². The minimum atomic E-state index is 0.0448. The van der Waals surface area contributed by atoms with E-state index in [0.29, 0.717) is 23.8 Å². The van der Waals surface area contributed by atoms with Gasteiger partial charge in [-0.05, 0) is 106 Å². The van der Waals surface area contributed by atoms with Gasteiger partial charge in [-0.2, -0.15) is 0 Å². The molecule has 6 rings (SSSR count). The van der Waals surface area contributed by atoms with Crippen molar-refractivity contribution in [3.05, 3.63) is 22.8 Å². The van der Waals surface area contributed by atoms with Crippen molar-refractivity contribution in [3.8, 4) is 0 Å². The summed E-state index contributed by atoms with van der Waals surface area (Å²) in [6.45, 7) is 14.7. The van der Waals surface area contributed by atoms with Gasteiger partial charge in [-0.15, -0.1) is 0 Å². The summed E-state index contributed by atoms with van der Waals surface area (Å²) in [5, 5.41) is 0. The molecule has 0 aromatic rings. The van der Waals surface area contributed by atoms with E-state index in [1.54, 1.807) is 11.1 Å². The number of carbonyl (C=O) groups excluding carboxylic acids is 1. The average Bonchev–Trinajstić information content (AvgIpc) is 3.25. The largest absolute Gasteiger partial charge is 0.369 e. The predicted molar refractivity (Wildman–Crippen MR) is 138 cm³/mol. The molecule has 0 aromatic carbocycles. The van der Waals surface area contributed by atoms with Crippen LogP contribution < -0.4 is 0 Å². The van der Waals surface area contributed by atoms with Crippen molar-refractivity contribution in [2.24, 2.45) is 35.0 Å². The molecule has 0 aromatic heterocycles. The van der Waals surface area contributed by atoms with Crippen LogP contribution in [-0.4, -0.2) is 41.5 Å². The van der Waals surface area contributed by atoms with Crippen LogP contribution in [0.15, 0.2) is 22.8 Å². The molecule has 4 fully saturated rings. The number of hydrogen-bond donors (Lipinski definition) is 0. The molecule has 2 aliphatic heterocycles. The second-order valence-electron chi connectivity index (χ2n) is 13.5. The van der Waals surface area contributed by atoms with E-state index in [1.807, 2.05) is 6.08 Å². The summed E-state index contributed by atoms with van der Waals surface area (Å²) in [6.07, 6.45) is 14.2. The molecule has 34 heavy (non-hydrogen) atoms. The normalized spacial score (nSPS) is 48.8. The molecule has 3 heteroatoms. The summed E-state index contributed by atoms with van der Waals surface area (Å²) in [4.78, 5) is 15.0. The third-order valence-electron chi connectivity index (χ3n) is 11.7. The molecular weight excluding hydrogens is 418 g/mol. The highest BCUT2D eigenvalue weighted by Crippen LogP contribution is 2.64. The van der Waals surface area contributed by atoms with Gasteiger partial charge in [-0.3, -0.25) is 9.69 Å². The summed E-state index contributed by atoms with van der Waals surface area (Å²) in [6, 6.07) is 0.612. The highest BCUT2D eigenvalue weighted by Gasteiger charge is 2.59. The number of ether oxygens (including phenoxy) is 1. The third-order valence-corrected chi connectivity index (χ3v) is 11.7. The standard InChI is InChI=1S/C31H47NO2/c1-6-13-32-18-19(2)14-28-29(32)21(4)31(34-28)12-10-24-25-8-7-22-15-23(33)9-11-30(22,5)27(25)16-26(24)20(3)17-31/h15,19,21,24-25,27-29H,6-14,16-18H2,1-5H3/t19-,21+,24-,25?,27-,28?,29-,30?,31?/m0/s1. The van der Waals surface area contributed by atoms with Crippen LogP contribution in [0.3, 0.4) is 0 Å². The first-order chi connectivity index (χ1) is 16.3. The van der Waals surface area contributed by atoms with Gasteiger partial charge in [0, 0.05) is 24.9 Å². The molecule has 4 aliphatic carbocycles. The molecule has 9 atom stereocenters. The van der Waals surface area contributed by atoms with Crippen molar-refractivity contribution in [2.45, 2.75) is 117 Å². The van der Waals surface area contributed by atoms with Gasteiger partial charge < -0.3 is 4.74 Å². The van der Waals surface area contributed by atoms with E-state index in [0.717, 1.165) is 49.4 Å². The first-order valence-electron chi connectivity index (χ1n) is 14.6. The Balaban J connectivity index is 1.29. The summed E-state index contributed by atoms with van der Waals surface area (Å²) in [5.41, 5.74) is 5.26. The number of fused-ring (bicyclic) bond motifs is 6. The maximum Gasteiger partial charge on any atom is 0.155 e. The smallest absolute Gasteiger partial charge is 0.155 e. The first-order valence-corrected chi connectivity index (χ1v) is 14.6. The quantitative estimate of drug-likeness (QED) is 0.424. The highest BCUT2D eigenvalue weighted by atomic mass is 16.5. The van der Waals surface area contributed by atoms with E-state index in [1.165, 1.54) is 57.2 Å². The fraction of sp³-hybridized carbons (Fsp3) is 0.839. The van der Waals surface area contributed by atoms with Crippen molar-refractivity contribution in [3.63, 3.8) is 0 Å². The molecule has 188 valence electrons. The van der Waals surface area contributed by atoms with Crippen LogP contribution >= 0.6 is 0 Å². The lowest BCUT2D eigenvalue weighted by molar-refractivity contribution is -0.116. The number of carbonyl (C=O) groups is 1. The van der Waals surface area contributed by atoms with Crippen LogP contribution in [0.1, 0.15) is 98.8 Å². The van der Waals surface area contributed by atoms with Gasteiger partial charge in [0.15, 0.2) is 5.78 Å². The number of piperidine rings is 1. The molecule has 4 unspecified atom stereocenters. The zero-order valence-corrected chi connectivity index (χ0v) is 22.4. The minimum Gasteiger partial charge on any atom is -0.369 e. The Morgan fingerprint density at radius 3 is 2.79 bits per heavy atom. The van der Waals surface area contributed by atoms with E-state index >= 15 is 0 Å². The Kier molecular flexibility index (Phi) is 5.73. The van der Waals surface area contributed by atoms with Gasteiger partial charge >= 0.3 is 0 Å². The summed E-state index contributed by atoms with van der Waals surface area (Å²) < 4.78 is 7.20. The van der Waals surface area contributed by atoms with E-state index in [9.17, 15) is 4.79 Å². The monoisotopic (exact) mass is 465 g/mol. The number of allylic oxidation sites excluding steroid dienone is 3. The molecule has 2 saturated heterocycles. The van der Waals surface area contributed by atoms with Gasteiger partial charge in [0.1, 0.15) is 0 Å². The van der Waals surface area contributed by atoms with Crippen molar-refractivity contribution in [1.29, 1.82) is 0 Å². The molecule has 3 nitrogen and oxygen atoms in total. The number of nitrogens with zero attached hydrogens (tertiary/aromatic N) is 1. The Labute approximate surface area is 207 Å². The van der Waals surface area contributed by atoms with Crippen molar-refractivity contribution >= 4 is 5.78 Å². The molecule has 0 radical (unpaired) electrons. The Bertz CT molecular complexity index is 918. The third kappa shape index (κ3) is 3.39. The zero-order valence-electron chi connectivity index (χ0n) is 22.4. The lowest BCUT2D eigenvalue weighted by atomic mass is 9.56. The molecule has 0 amide bonds. The van der Waals surface area contributed by atoms with Crippen LogP contribution in [0.5, 0.6) is 0 Å². The Morgan fingerprint density at radius 1 is 1.18 bits per heavy atom. The van der Waals surface area contributed by atoms with Crippen LogP contribution in [0.4, 0.5) is 0 Å². The fourth-order valence-electron chi connectivity index (χ4n) is 10.0. The molecule has 2 heterocycles. The zero-order chi connectivity index (χ0) is 23.8. The number of ketones is 1. The molecule has 2 saturated carbocycles. The maximum absolute atomic E-state index is 12.2. The van der Waals surface area contributed by atoms with E-state index < -0.39 is 0 Å². The van der Waals surface area contributed by atoms with Crippen LogP contribution in [-0.2, 0) is 9.53 Å². The van der Waals surface area contributed by atoms with Gasteiger partial charge in [-0.25, -0.2) is 0 Å². The Hall–Kier alpha value is -0.930. The fourth-order valence-corrected chi connectivity index (χ4v) is 10.0. The molecule has 1 spiro atoms. The van der Waals surface area contributed by atoms with Crippen molar-refractivity contribution < 1.29 is 9.53 Å². The molecule has 0 bridgehead atoms. The predicted octanol–water partition coefficient (Wildman–Crippen LogP) is 6.72. The summed E-state index contributed by atoms with van der Waals surface area (Å²) in [7, 11) is 0. The van der Waals surface area contributed by atoms with Gasteiger partial charge in [0.05, 0.1) is 11.7 Å². The van der Waals surface area contributed by atoms with Crippen molar-refractivity contribution in [2.75, 3.05) is 13.1 Å². The average molecular weight is 466 g/mol. The van der Waals surface area contributed by atoms with E-state index in [-0.39, 0.29) is 11.0 Å². The van der Waals surface area contributed by atoms with Gasteiger partial charge in [-0.1, -0.05) is 44.4 Å². The van der Waals surface area contributed by atoms with Crippen LogP contribution in [0, 0.1) is 35.0 Å². The van der Waals surface area contributed by atoms with Crippen LogP contribution in [0.2, 0.25) is 0 Å². The van der Waals surface area contributed by atoms with Gasteiger partial charge in [0.2, 0.25) is 0 Å². The topological polar surface area (TPSA) is 29.5 Å². The molecule has 6 aliphatic rings. The van der Waals surface area contributed by atoms with E-state index in [4.69, 9.17) is 4.74 Å². The summed E-state index contributed by atoms with van der Waals surface area (Å²) in [5.74, 6) is 4.04. The number of hydrogen-bond acceptors (Lipinski definition) is 3. The van der Waals surface area contributed by atoms with Gasteiger partial charge in [0.25, 0.3) is 0 Å². The highest BCUT2D eigenvalue weighted by molar-refractivity contribution is 5.91. The maximum atomic E-state index is 12.2. The lowest BCUT2D eigenvalue weighted by Crippen LogP contribution is -2.52. The number of likely N-dealkylation sites (tertiary alicyclic amines) is 1. The first kappa shape index (κ1) is 23.5. The molecular formula is C31H47NO2. The second kappa shape index (κ2) is 8.30. The Morgan fingerprint density at radius 2 is 2.00 bits per heavy atom. The SMILES string of the molecule is CCCN1C[C@@H](C)CC2OC3(CC[C@@H]4C(=C(C)C3)C[C@H]3C4CCC4=CC(=O)CCC43C)[C@H](C)[C@@H]21. The van der Waals surface area contributed by atoms with Crippen LogP contribution in [0.25, 0.3) is 0 Å². The summed E-state index contributed by atoms with van der Waals surface area (Å²) >= 11 is 0. The molecule has 0 N–H and O–H groups in total. The second-order valence-corrected chi connectivity index (χ2v) is 13.5.